The van der Waals surface area contributed by atoms with Crippen LogP contribution in [0.15, 0.2) is 22.5 Å². The summed E-state index contributed by atoms with van der Waals surface area (Å²) in [4.78, 5) is 5.53. The zero-order valence-corrected chi connectivity index (χ0v) is 12.2. The second-order valence-corrected chi connectivity index (χ2v) is 5.65. The van der Waals surface area contributed by atoms with Gasteiger partial charge < -0.3 is 10.6 Å². The van der Waals surface area contributed by atoms with Crippen molar-refractivity contribution in [2.75, 3.05) is 25.6 Å². The summed E-state index contributed by atoms with van der Waals surface area (Å²) in [6.45, 7) is 1.84. The fraction of sp³-hybridized carbons (Fsp3) is 0.583. The van der Waals surface area contributed by atoms with Crippen LogP contribution in [-0.2, 0) is 6.54 Å². The summed E-state index contributed by atoms with van der Waals surface area (Å²) in [6, 6.07) is 4.20. The smallest absolute Gasteiger partial charge is 0.191 e. The van der Waals surface area contributed by atoms with Crippen molar-refractivity contribution in [3.8, 4) is 0 Å². The van der Waals surface area contributed by atoms with Gasteiger partial charge in [-0.3, -0.25) is 4.99 Å². The fourth-order valence-corrected chi connectivity index (χ4v) is 2.52. The van der Waals surface area contributed by atoms with E-state index >= 15 is 0 Å². The van der Waals surface area contributed by atoms with Crippen molar-refractivity contribution in [2.45, 2.75) is 19.4 Å². The lowest BCUT2D eigenvalue weighted by atomic mass is 10.3. The van der Waals surface area contributed by atoms with E-state index in [-0.39, 0.29) is 0 Å². The molecule has 0 spiro atoms. The number of thiophene rings is 1. The minimum atomic E-state index is 0.849. The van der Waals surface area contributed by atoms with E-state index in [2.05, 4.69) is 39.4 Å². The molecule has 0 aliphatic carbocycles. The summed E-state index contributed by atoms with van der Waals surface area (Å²) in [6.07, 6.45) is 4.60. The number of nitrogens with zero attached hydrogens (tertiary/aromatic N) is 1. The van der Waals surface area contributed by atoms with E-state index in [1.165, 1.54) is 23.5 Å². The van der Waals surface area contributed by atoms with Gasteiger partial charge >= 0.3 is 0 Å². The van der Waals surface area contributed by atoms with Gasteiger partial charge in [0.15, 0.2) is 5.96 Å². The Bertz CT molecular complexity index is 310. The fourth-order valence-electron chi connectivity index (χ4n) is 1.38. The van der Waals surface area contributed by atoms with Crippen LogP contribution in [0.4, 0.5) is 0 Å². The highest BCUT2D eigenvalue weighted by Crippen LogP contribution is 2.07. The first-order valence-electron chi connectivity index (χ1n) is 5.82. The normalized spacial score (nSPS) is 11.5. The first-order chi connectivity index (χ1) is 8.36. The van der Waals surface area contributed by atoms with Gasteiger partial charge in [0.1, 0.15) is 0 Å². The molecule has 0 amide bonds. The Kier molecular flexibility index (Phi) is 7.92. The van der Waals surface area contributed by atoms with Crippen molar-refractivity contribution in [2.24, 2.45) is 4.99 Å². The number of guanidine groups is 1. The molecule has 1 rings (SSSR count). The average molecular weight is 271 g/mol. The molecule has 0 bridgehead atoms. The molecule has 3 nitrogen and oxygen atoms in total. The van der Waals surface area contributed by atoms with Crippen molar-refractivity contribution in [1.29, 1.82) is 0 Å². The minimum Gasteiger partial charge on any atom is -0.356 e. The second-order valence-electron chi connectivity index (χ2n) is 3.63. The molecule has 2 N–H and O–H groups in total. The number of nitrogens with one attached hydrogen (secondary N) is 2. The number of hydrogen-bond acceptors (Lipinski definition) is 3. The summed E-state index contributed by atoms with van der Waals surface area (Å²) in [5.74, 6) is 2.13. The maximum Gasteiger partial charge on any atom is 0.191 e. The van der Waals surface area contributed by atoms with Crippen LogP contribution in [0.1, 0.15) is 17.7 Å². The van der Waals surface area contributed by atoms with Crippen LogP contribution in [0.5, 0.6) is 0 Å². The van der Waals surface area contributed by atoms with E-state index in [9.17, 15) is 0 Å². The van der Waals surface area contributed by atoms with Gasteiger partial charge in [-0.05, 0) is 36.3 Å². The molecule has 0 fully saturated rings. The number of unbranched alkanes of at least 4 members (excludes halogenated alkanes) is 1. The number of thioether (sulfide) groups is 1. The lowest BCUT2D eigenvalue weighted by Gasteiger charge is -2.10. The highest BCUT2D eigenvalue weighted by atomic mass is 32.2. The first kappa shape index (κ1) is 14.4. The monoisotopic (exact) mass is 271 g/mol. The molecule has 0 saturated heterocycles. The summed E-state index contributed by atoms with van der Waals surface area (Å²) >= 11 is 3.66. The second kappa shape index (κ2) is 9.36. The molecule has 0 radical (unpaired) electrons. The predicted octanol–water partition coefficient (Wildman–Crippen LogP) is 2.56. The van der Waals surface area contributed by atoms with E-state index in [0.717, 1.165) is 19.0 Å². The van der Waals surface area contributed by atoms with E-state index < -0.39 is 0 Å². The van der Waals surface area contributed by atoms with Crippen molar-refractivity contribution in [1.82, 2.24) is 10.6 Å². The molecule has 1 aromatic rings. The molecule has 5 heteroatoms. The van der Waals surface area contributed by atoms with Crippen LogP contribution < -0.4 is 10.6 Å². The zero-order chi connectivity index (χ0) is 12.3. The molecule has 96 valence electrons. The van der Waals surface area contributed by atoms with E-state index in [0.29, 0.717) is 0 Å². The molecular weight excluding hydrogens is 250 g/mol. The zero-order valence-electron chi connectivity index (χ0n) is 10.5. The van der Waals surface area contributed by atoms with Gasteiger partial charge in [0, 0.05) is 18.5 Å². The Morgan fingerprint density at radius 2 is 2.29 bits per heavy atom. The SMILES string of the molecule is CN=C(NCCCCSC)NCc1cccs1. The maximum absolute atomic E-state index is 4.20. The summed E-state index contributed by atoms with van der Waals surface area (Å²) < 4.78 is 0. The molecule has 0 aromatic carbocycles. The van der Waals surface area contributed by atoms with Crippen molar-refractivity contribution in [3.63, 3.8) is 0 Å². The van der Waals surface area contributed by atoms with Gasteiger partial charge in [0.2, 0.25) is 0 Å². The maximum atomic E-state index is 4.20. The quantitative estimate of drug-likeness (QED) is 0.454. The number of rotatable bonds is 7. The third kappa shape index (κ3) is 6.58. The Hall–Kier alpha value is -0.680. The number of aliphatic imine (C=N–C) groups is 1. The highest BCUT2D eigenvalue weighted by molar-refractivity contribution is 7.98. The predicted molar refractivity (Wildman–Crippen MR) is 80.1 cm³/mol. The Morgan fingerprint density at radius 3 is 2.94 bits per heavy atom. The standard InChI is InChI=1S/C12H21N3S2/c1-13-12(14-7-3-4-8-16-2)15-10-11-6-5-9-17-11/h5-6,9H,3-4,7-8,10H2,1-2H3,(H2,13,14,15). The van der Waals surface area contributed by atoms with Gasteiger partial charge in [-0.2, -0.15) is 11.8 Å². The molecular formula is C12H21N3S2. The molecule has 1 heterocycles. The minimum absolute atomic E-state index is 0.849. The molecule has 1 aromatic heterocycles. The van der Waals surface area contributed by atoms with E-state index in [1.807, 2.05) is 18.8 Å². The summed E-state index contributed by atoms with van der Waals surface area (Å²) in [7, 11) is 1.81. The Morgan fingerprint density at radius 1 is 1.41 bits per heavy atom. The largest absolute Gasteiger partial charge is 0.356 e. The van der Waals surface area contributed by atoms with Crippen LogP contribution in [0.2, 0.25) is 0 Å². The van der Waals surface area contributed by atoms with E-state index in [4.69, 9.17) is 0 Å². The lowest BCUT2D eigenvalue weighted by Crippen LogP contribution is -2.37. The van der Waals surface area contributed by atoms with Crippen LogP contribution >= 0.6 is 23.1 Å². The number of hydrogen-bond donors (Lipinski definition) is 2. The molecule has 0 atom stereocenters. The van der Waals surface area contributed by atoms with Crippen LogP contribution in [-0.4, -0.2) is 31.6 Å². The van der Waals surface area contributed by atoms with Gasteiger partial charge in [0.05, 0.1) is 6.54 Å². The van der Waals surface area contributed by atoms with Gasteiger partial charge in [0.25, 0.3) is 0 Å². The summed E-state index contributed by atoms with van der Waals surface area (Å²) in [5.41, 5.74) is 0. The Balaban J connectivity index is 2.12. The van der Waals surface area contributed by atoms with Gasteiger partial charge in [-0.25, -0.2) is 0 Å². The summed E-state index contributed by atoms with van der Waals surface area (Å²) in [5, 5.41) is 8.72. The van der Waals surface area contributed by atoms with E-state index in [1.54, 1.807) is 11.3 Å². The van der Waals surface area contributed by atoms with Gasteiger partial charge in [-0.15, -0.1) is 11.3 Å². The highest BCUT2D eigenvalue weighted by Gasteiger charge is 1.98. The molecule has 0 unspecified atom stereocenters. The third-order valence-corrected chi connectivity index (χ3v) is 3.87. The average Bonchev–Trinajstić information content (AvgIpc) is 2.86. The molecule has 0 saturated carbocycles. The van der Waals surface area contributed by atoms with Gasteiger partial charge in [-0.1, -0.05) is 6.07 Å². The topological polar surface area (TPSA) is 36.4 Å². The molecule has 17 heavy (non-hydrogen) atoms. The van der Waals surface area contributed by atoms with Crippen molar-refractivity contribution < 1.29 is 0 Å². The Labute approximate surface area is 112 Å². The van der Waals surface area contributed by atoms with Crippen LogP contribution in [0.25, 0.3) is 0 Å². The third-order valence-electron chi connectivity index (χ3n) is 2.30. The molecule has 0 aliphatic rings. The van der Waals surface area contributed by atoms with Crippen molar-refractivity contribution in [3.05, 3.63) is 22.4 Å². The lowest BCUT2D eigenvalue weighted by molar-refractivity contribution is 0.734. The van der Waals surface area contributed by atoms with Crippen molar-refractivity contribution >= 4 is 29.1 Å². The molecule has 0 aliphatic heterocycles. The first-order valence-corrected chi connectivity index (χ1v) is 8.10. The van der Waals surface area contributed by atoms with Crippen LogP contribution in [0.3, 0.4) is 0 Å². The van der Waals surface area contributed by atoms with Crippen LogP contribution in [0, 0.1) is 0 Å².